The molecule has 0 fully saturated rings. The molecule has 2 amide bonds. The quantitative estimate of drug-likeness (QED) is 0.353. The Labute approximate surface area is 220 Å². The summed E-state index contributed by atoms with van der Waals surface area (Å²) in [5.74, 6) is -2.70. The number of amides is 2. The van der Waals surface area contributed by atoms with Crippen LogP contribution in [0.2, 0.25) is 5.02 Å². The zero-order valence-electron chi connectivity index (χ0n) is 19.8. The summed E-state index contributed by atoms with van der Waals surface area (Å²) in [6.45, 7) is -1.18. The molecule has 4 N–H and O–H groups in total. The average Bonchev–Trinajstić information content (AvgIpc) is 3.13. The largest absolute Gasteiger partial charge is 0.416 e. The predicted octanol–water partition coefficient (Wildman–Crippen LogP) is 2.82. The minimum Gasteiger partial charge on any atom is -0.382 e. The van der Waals surface area contributed by atoms with Crippen LogP contribution in [0.3, 0.4) is 0 Å². The van der Waals surface area contributed by atoms with Gasteiger partial charge in [0.2, 0.25) is 11.8 Å². The Kier molecular flexibility index (Phi) is 8.17. The fraction of sp³-hybridized carbons (Fsp3) is 0.304. The van der Waals surface area contributed by atoms with Crippen LogP contribution in [0.4, 0.5) is 26.3 Å². The average molecular weight is 580 g/mol. The van der Waals surface area contributed by atoms with Gasteiger partial charge in [0.25, 0.3) is 0 Å². The molecular weight excluding hydrogens is 560 g/mol. The number of hydrogen-bond donors (Lipinski definition) is 3. The van der Waals surface area contributed by atoms with E-state index in [2.05, 4.69) is 10.4 Å². The molecular formula is C23H20ClF6N5O4. The molecule has 39 heavy (non-hydrogen) atoms. The number of halogens is 7. The number of rotatable bonds is 8. The first-order valence-corrected chi connectivity index (χ1v) is 11.3. The third kappa shape index (κ3) is 6.60. The second kappa shape index (κ2) is 10.7. The topological polar surface area (TPSA) is 132 Å². The van der Waals surface area contributed by atoms with Crippen molar-refractivity contribution in [3.8, 4) is 11.4 Å². The van der Waals surface area contributed by atoms with Crippen LogP contribution in [0.25, 0.3) is 11.4 Å². The summed E-state index contributed by atoms with van der Waals surface area (Å²) >= 11 is 5.82. The second-order valence-corrected chi connectivity index (χ2v) is 8.99. The number of benzene rings is 2. The Hall–Kier alpha value is -3.85. The summed E-state index contributed by atoms with van der Waals surface area (Å²) in [6.07, 6.45) is -12.8. The van der Waals surface area contributed by atoms with Crippen molar-refractivity contribution in [3.63, 3.8) is 0 Å². The lowest BCUT2D eigenvalue weighted by Gasteiger charge is -2.28. The van der Waals surface area contributed by atoms with Gasteiger partial charge in [0, 0.05) is 10.6 Å². The lowest BCUT2D eigenvalue weighted by Crippen LogP contribution is -2.54. The SMILES string of the molecule is C[C@@](NC(=O)Cn1nc(-c2ccc(Cl)cc2)n(CC(O)C(F)(F)F)c1=O)(C(N)=O)c1cccc(C(F)(F)F)c1. The van der Waals surface area contributed by atoms with E-state index in [0.29, 0.717) is 15.3 Å². The highest BCUT2D eigenvalue weighted by Gasteiger charge is 2.40. The van der Waals surface area contributed by atoms with Gasteiger partial charge in [-0.2, -0.15) is 26.3 Å². The zero-order chi connectivity index (χ0) is 29.3. The normalized spacial score (nSPS) is 14.5. The summed E-state index contributed by atoms with van der Waals surface area (Å²) in [6, 6.07) is 8.89. The molecule has 0 bridgehead atoms. The van der Waals surface area contributed by atoms with Crippen LogP contribution in [0.1, 0.15) is 18.1 Å². The molecule has 1 aromatic heterocycles. The molecule has 2 atom stereocenters. The van der Waals surface area contributed by atoms with E-state index in [1.807, 2.05) is 0 Å². The van der Waals surface area contributed by atoms with Gasteiger partial charge >= 0.3 is 18.0 Å². The van der Waals surface area contributed by atoms with Gasteiger partial charge in [-0.15, -0.1) is 5.10 Å². The van der Waals surface area contributed by atoms with Gasteiger partial charge in [-0.1, -0.05) is 23.7 Å². The molecule has 0 spiro atoms. The highest BCUT2D eigenvalue weighted by atomic mass is 35.5. The molecule has 3 rings (SSSR count). The van der Waals surface area contributed by atoms with Crippen molar-refractivity contribution in [2.75, 3.05) is 0 Å². The molecule has 210 valence electrons. The lowest BCUT2D eigenvalue weighted by molar-refractivity contribution is -0.207. The first kappa shape index (κ1) is 29.7. The van der Waals surface area contributed by atoms with Gasteiger partial charge in [0.1, 0.15) is 12.1 Å². The van der Waals surface area contributed by atoms with Crippen molar-refractivity contribution in [2.24, 2.45) is 5.73 Å². The van der Waals surface area contributed by atoms with Crippen molar-refractivity contribution < 1.29 is 41.0 Å². The Bertz CT molecular complexity index is 1430. The highest BCUT2D eigenvalue weighted by Crippen LogP contribution is 2.32. The van der Waals surface area contributed by atoms with Crippen molar-refractivity contribution >= 4 is 23.4 Å². The number of nitrogens with two attached hydrogens (primary N) is 1. The number of hydrogen-bond acceptors (Lipinski definition) is 5. The molecule has 3 aromatic rings. The van der Waals surface area contributed by atoms with E-state index in [1.165, 1.54) is 24.3 Å². The first-order valence-electron chi connectivity index (χ1n) is 10.9. The number of aliphatic hydroxyl groups is 1. The van der Waals surface area contributed by atoms with E-state index in [9.17, 15) is 45.8 Å². The minimum absolute atomic E-state index is 0.121. The second-order valence-electron chi connectivity index (χ2n) is 8.55. The molecule has 9 nitrogen and oxygen atoms in total. The van der Waals surface area contributed by atoms with Crippen LogP contribution in [0.5, 0.6) is 0 Å². The summed E-state index contributed by atoms with van der Waals surface area (Å²) < 4.78 is 79.5. The molecule has 2 aromatic carbocycles. The van der Waals surface area contributed by atoms with Crippen LogP contribution in [0, 0.1) is 0 Å². The van der Waals surface area contributed by atoms with Crippen molar-refractivity contribution in [1.29, 1.82) is 0 Å². The van der Waals surface area contributed by atoms with Crippen LogP contribution in [0.15, 0.2) is 53.3 Å². The number of aromatic nitrogens is 3. The minimum atomic E-state index is -5.08. The fourth-order valence-corrected chi connectivity index (χ4v) is 3.66. The van der Waals surface area contributed by atoms with Gasteiger partial charge in [-0.05, 0) is 48.9 Å². The van der Waals surface area contributed by atoms with E-state index in [0.717, 1.165) is 25.1 Å². The lowest BCUT2D eigenvalue weighted by atomic mass is 9.89. The van der Waals surface area contributed by atoms with Gasteiger partial charge in [-0.3, -0.25) is 14.2 Å². The van der Waals surface area contributed by atoms with Crippen LogP contribution >= 0.6 is 11.6 Å². The summed E-state index contributed by atoms with van der Waals surface area (Å²) in [5.41, 5.74) is 0.672. The van der Waals surface area contributed by atoms with E-state index in [1.54, 1.807) is 0 Å². The Morgan fingerprint density at radius 1 is 1.08 bits per heavy atom. The number of carbonyl (C=O) groups is 2. The summed E-state index contributed by atoms with van der Waals surface area (Å²) in [5, 5.41) is 15.9. The third-order valence-corrected chi connectivity index (χ3v) is 5.95. The van der Waals surface area contributed by atoms with Gasteiger partial charge < -0.3 is 16.2 Å². The Morgan fingerprint density at radius 2 is 1.67 bits per heavy atom. The summed E-state index contributed by atoms with van der Waals surface area (Å²) in [7, 11) is 0. The van der Waals surface area contributed by atoms with E-state index < -0.39 is 60.2 Å². The van der Waals surface area contributed by atoms with Crippen LogP contribution in [-0.2, 0) is 34.4 Å². The molecule has 0 aliphatic heterocycles. The smallest absolute Gasteiger partial charge is 0.382 e. The number of nitrogens with zero attached hydrogens (tertiary/aromatic N) is 3. The Morgan fingerprint density at radius 3 is 2.21 bits per heavy atom. The van der Waals surface area contributed by atoms with E-state index in [-0.39, 0.29) is 22.0 Å². The van der Waals surface area contributed by atoms with Gasteiger partial charge in [0.15, 0.2) is 11.9 Å². The number of nitrogens with one attached hydrogen (secondary N) is 1. The highest BCUT2D eigenvalue weighted by molar-refractivity contribution is 6.30. The molecule has 1 heterocycles. The zero-order valence-corrected chi connectivity index (χ0v) is 20.6. The van der Waals surface area contributed by atoms with Crippen molar-refractivity contribution in [3.05, 3.63) is 75.2 Å². The standard InChI is InChI=1S/C23H20ClF6N5O4/c1-21(19(31)38,13-3-2-4-14(9-13)22(25,26)27)32-17(37)11-35-20(39)34(10-16(36)23(28,29)30)18(33-35)12-5-7-15(24)8-6-12/h2-9,16,36H,10-11H2,1H3,(H2,31,38)(H,32,37)/t16?,21-/m0/s1. The number of carbonyl (C=O) groups excluding carboxylic acids is 2. The van der Waals surface area contributed by atoms with E-state index >= 15 is 0 Å². The number of aliphatic hydroxyl groups excluding tert-OH is 1. The number of primary amides is 1. The molecule has 0 radical (unpaired) electrons. The molecule has 0 saturated heterocycles. The van der Waals surface area contributed by atoms with Crippen LogP contribution < -0.4 is 16.7 Å². The summed E-state index contributed by atoms with van der Waals surface area (Å²) in [4.78, 5) is 38.0. The maximum Gasteiger partial charge on any atom is 0.416 e. The van der Waals surface area contributed by atoms with Gasteiger partial charge in [0.05, 0.1) is 12.1 Å². The number of alkyl halides is 6. The molecule has 0 aliphatic rings. The first-order chi connectivity index (χ1) is 17.9. The van der Waals surface area contributed by atoms with Crippen molar-refractivity contribution in [1.82, 2.24) is 19.7 Å². The monoisotopic (exact) mass is 579 g/mol. The maximum absolute atomic E-state index is 13.2. The molecule has 1 unspecified atom stereocenters. The molecule has 16 heteroatoms. The Balaban J connectivity index is 1.98. The predicted molar refractivity (Wildman–Crippen MR) is 125 cm³/mol. The maximum atomic E-state index is 13.2. The fourth-order valence-electron chi connectivity index (χ4n) is 3.53. The van der Waals surface area contributed by atoms with Gasteiger partial charge in [-0.25, -0.2) is 9.48 Å². The van der Waals surface area contributed by atoms with Crippen molar-refractivity contribution in [2.45, 2.75) is 44.0 Å². The van der Waals surface area contributed by atoms with Crippen LogP contribution in [-0.4, -0.2) is 43.5 Å². The van der Waals surface area contributed by atoms with E-state index in [4.69, 9.17) is 17.3 Å². The molecule has 0 saturated carbocycles. The molecule has 0 aliphatic carbocycles. The third-order valence-electron chi connectivity index (χ3n) is 5.70.